The Labute approximate surface area is 117 Å². The molecule has 0 spiro atoms. The maximum absolute atomic E-state index is 10.0. The zero-order valence-corrected chi connectivity index (χ0v) is 13.1. The van der Waals surface area contributed by atoms with Crippen molar-refractivity contribution in [2.45, 2.75) is 34.6 Å². The van der Waals surface area contributed by atoms with Crippen molar-refractivity contribution >= 4 is 0 Å². The number of allylic oxidation sites excluding steroid dienone is 3. The molecule has 0 unspecified atom stereocenters. The van der Waals surface area contributed by atoms with Gasteiger partial charge in [0.05, 0.1) is 19.0 Å². The van der Waals surface area contributed by atoms with E-state index in [0.717, 1.165) is 38.4 Å². The maximum Gasteiger partial charge on any atom is 0.0976 e. The van der Waals surface area contributed by atoms with Gasteiger partial charge >= 0.3 is 0 Å². The van der Waals surface area contributed by atoms with Crippen LogP contribution in [0.1, 0.15) is 34.6 Å². The largest absolute Gasteiger partial charge is 0.512 e. The fourth-order valence-electron chi connectivity index (χ4n) is 2.22. The highest BCUT2D eigenvalue weighted by molar-refractivity contribution is 5.26. The molecule has 1 saturated heterocycles. The third kappa shape index (κ3) is 5.37. The van der Waals surface area contributed by atoms with Crippen LogP contribution in [0.25, 0.3) is 0 Å². The molecule has 3 heteroatoms. The smallest absolute Gasteiger partial charge is 0.0976 e. The van der Waals surface area contributed by atoms with Crippen LogP contribution in [0.15, 0.2) is 23.0 Å². The Morgan fingerprint density at radius 3 is 2.21 bits per heavy atom. The van der Waals surface area contributed by atoms with Crippen LogP contribution < -0.4 is 0 Å². The molecule has 1 fully saturated rings. The van der Waals surface area contributed by atoms with E-state index in [1.165, 1.54) is 5.57 Å². The summed E-state index contributed by atoms with van der Waals surface area (Å²) >= 11 is 0. The summed E-state index contributed by atoms with van der Waals surface area (Å²) in [6, 6.07) is 0. The lowest BCUT2D eigenvalue weighted by Gasteiger charge is -2.28. The van der Waals surface area contributed by atoms with E-state index >= 15 is 0 Å². The average molecular weight is 267 g/mol. The summed E-state index contributed by atoms with van der Waals surface area (Å²) in [7, 11) is 0. The predicted octanol–water partition coefficient (Wildman–Crippen LogP) is 3.39. The SMILES string of the molecule is CC(/C=C(/CN1CCOCC1)C(C)C)=C(\O)C(C)C. The van der Waals surface area contributed by atoms with Crippen LogP contribution in [-0.2, 0) is 4.74 Å². The van der Waals surface area contributed by atoms with Gasteiger partial charge in [-0.25, -0.2) is 0 Å². The third-order valence-corrected chi connectivity index (χ3v) is 3.60. The van der Waals surface area contributed by atoms with E-state index in [-0.39, 0.29) is 5.92 Å². The second-order valence-electron chi connectivity index (χ2n) is 5.99. The molecule has 110 valence electrons. The molecule has 19 heavy (non-hydrogen) atoms. The molecule has 0 aromatic carbocycles. The lowest BCUT2D eigenvalue weighted by molar-refractivity contribution is 0.0414. The molecular formula is C16H29NO2. The summed E-state index contributed by atoms with van der Waals surface area (Å²) < 4.78 is 5.38. The average Bonchev–Trinajstić information content (AvgIpc) is 2.37. The fraction of sp³-hybridized carbons (Fsp3) is 0.750. The number of rotatable bonds is 5. The maximum atomic E-state index is 10.0. The summed E-state index contributed by atoms with van der Waals surface area (Å²) in [4.78, 5) is 2.43. The molecule has 0 aromatic rings. The summed E-state index contributed by atoms with van der Waals surface area (Å²) in [5.74, 6) is 1.19. The van der Waals surface area contributed by atoms with Crippen LogP contribution in [0, 0.1) is 11.8 Å². The van der Waals surface area contributed by atoms with Gasteiger partial charge in [-0.15, -0.1) is 0 Å². The van der Waals surface area contributed by atoms with Gasteiger partial charge in [0.1, 0.15) is 0 Å². The first-order valence-corrected chi connectivity index (χ1v) is 7.32. The van der Waals surface area contributed by atoms with Crippen molar-refractivity contribution in [1.82, 2.24) is 4.90 Å². The molecule has 0 amide bonds. The van der Waals surface area contributed by atoms with Gasteiger partial charge in [-0.1, -0.05) is 39.3 Å². The number of hydrogen-bond donors (Lipinski definition) is 1. The van der Waals surface area contributed by atoms with E-state index in [4.69, 9.17) is 4.74 Å². The van der Waals surface area contributed by atoms with Crippen LogP contribution in [0.3, 0.4) is 0 Å². The first kappa shape index (κ1) is 16.3. The number of aliphatic hydroxyl groups is 1. The fourth-order valence-corrected chi connectivity index (χ4v) is 2.22. The number of nitrogens with zero attached hydrogens (tertiary/aromatic N) is 1. The minimum Gasteiger partial charge on any atom is -0.512 e. The highest BCUT2D eigenvalue weighted by Gasteiger charge is 2.14. The van der Waals surface area contributed by atoms with Crippen LogP contribution in [0.2, 0.25) is 0 Å². The van der Waals surface area contributed by atoms with Gasteiger partial charge in [0.2, 0.25) is 0 Å². The Morgan fingerprint density at radius 1 is 1.16 bits per heavy atom. The van der Waals surface area contributed by atoms with Gasteiger partial charge in [-0.3, -0.25) is 4.90 Å². The highest BCUT2D eigenvalue weighted by atomic mass is 16.5. The first-order chi connectivity index (χ1) is 8.91. The molecular weight excluding hydrogens is 238 g/mol. The molecule has 1 rings (SSSR count). The zero-order valence-electron chi connectivity index (χ0n) is 13.1. The molecule has 3 nitrogen and oxygen atoms in total. The van der Waals surface area contributed by atoms with E-state index in [1.807, 2.05) is 20.8 Å². The monoisotopic (exact) mass is 267 g/mol. The quantitative estimate of drug-likeness (QED) is 0.612. The molecule has 0 atom stereocenters. The summed E-state index contributed by atoms with van der Waals surface area (Å²) in [5, 5.41) is 10.0. The Kier molecular flexibility index (Phi) is 6.59. The highest BCUT2D eigenvalue weighted by Crippen LogP contribution is 2.19. The van der Waals surface area contributed by atoms with Crippen LogP contribution in [-0.4, -0.2) is 42.9 Å². The summed E-state index contributed by atoms with van der Waals surface area (Å²) in [5.41, 5.74) is 2.37. The van der Waals surface area contributed by atoms with Gasteiger partial charge in [-0.05, 0) is 18.4 Å². The van der Waals surface area contributed by atoms with Gasteiger partial charge < -0.3 is 9.84 Å². The van der Waals surface area contributed by atoms with Crippen LogP contribution >= 0.6 is 0 Å². The van der Waals surface area contributed by atoms with Crippen molar-refractivity contribution in [1.29, 1.82) is 0 Å². The number of morpholine rings is 1. The van der Waals surface area contributed by atoms with E-state index in [1.54, 1.807) is 0 Å². The number of ether oxygens (including phenoxy) is 1. The molecule has 0 radical (unpaired) electrons. The topological polar surface area (TPSA) is 32.7 Å². The molecule has 0 aliphatic carbocycles. The standard InChI is InChI=1S/C16H29NO2/c1-12(2)15(10-14(5)16(18)13(3)4)11-17-6-8-19-9-7-17/h10,12-13,18H,6-9,11H2,1-5H3/b15-10-,16-14+. The number of aliphatic hydroxyl groups excluding tert-OH is 1. The van der Waals surface area contributed by atoms with E-state index < -0.39 is 0 Å². The number of hydrogen-bond acceptors (Lipinski definition) is 3. The zero-order chi connectivity index (χ0) is 14.4. The molecule has 0 bridgehead atoms. The first-order valence-electron chi connectivity index (χ1n) is 7.32. The normalized spacial score (nSPS) is 20.1. The Hall–Kier alpha value is -0.800. The molecule has 0 aromatic heterocycles. The second-order valence-corrected chi connectivity index (χ2v) is 5.99. The Bertz CT molecular complexity index is 337. The molecule has 1 heterocycles. The van der Waals surface area contributed by atoms with Crippen LogP contribution in [0.5, 0.6) is 0 Å². The summed E-state index contributed by atoms with van der Waals surface area (Å²) in [6.07, 6.45) is 2.16. The Morgan fingerprint density at radius 2 is 1.74 bits per heavy atom. The Balaban J connectivity index is 2.79. The van der Waals surface area contributed by atoms with Crippen molar-refractivity contribution in [3.63, 3.8) is 0 Å². The minimum absolute atomic E-state index is 0.188. The van der Waals surface area contributed by atoms with E-state index in [9.17, 15) is 5.11 Å². The van der Waals surface area contributed by atoms with Gasteiger partial charge in [0.15, 0.2) is 0 Å². The van der Waals surface area contributed by atoms with Crippen molar-refractivity contribution < 1.29 is 9.84 Å². The minimum atomic E-state index is 0.188. The molecule has 1 aliphatic heterocycles. The second kappa shape index (κ2) is 7.71. The van der Waals surface area contributed by atoms with Crippen LogP contribution in [0.4, 0.5) is 0 Å². The van der Waals surface area contributed by atoms with E-state index in [2.05, 4.69) is 24.8 Å². The van der Waals surface area contributed by atoms with E-state index in [0.29, 0.717) is 11.7 Å². The lowest BCUT2D eigenvalue weighted by atomic mass is 9.98. The van der Waals surface area contributed by atoms with Crippen molar-refractivity contribution in [2.24, 2.45) is 11.8 Å². The van der Waals surface area contributed by atoms with Crippen molar-refractivity contribution in [2.75, 3.05) is 32.8 Å². The van der Waals surface area contributed by atoms with Gasteiger partial charge in [-0.2, -0.15) is 0 Å². The van der Waals surface area contributed by atoms with Gasteiger partial charge in [0.25, 0.3) is 0 Å². The molecule has 1 N–H and O–H groups in total. The summed E-state index contributed by atoms with van der Waals surface area (Å²) in [6.45, 7) is 15.1. The van der Waals surface area contributed by atoms with Gasteiger partial charge in [0, 0.05) is 25.6 Å². The van der Waals surface area contributed by atoms with Crippen molar-refractivity contribution in [3.05, 3.63) is 23.0 Å². The van der Waals surface area contributed by atoms with Crippen molar-refractivity contribution in [3.8, 4) is 0 Å². The lowest BCUT2D eigenvalue weighted by Crippen LogP contribution is -2.38. The third-order valence-electron chi connectivity index (χ3n) is 3.60. The molecule has 1 aliphatic rings. The molecule has 0 saturated carbocycles. The predicted molar refractivity (Wildman–Crippen MR) is 80.3 cm³/mol.